The number of ether oxygens (including phenoxy) is 3. The molecular weight excluding hydrogens is 474 g/mol. The second-order valence-electron chi connectivity index (χ2n) is 7.78. The van der Waals surface area contributed by atoms with Crippen LogP contribution in [-0.2, 0) is 20.7 Å². The summed E-state index contributed by atoms with van der Waals surface area (Å²) < 4.78 is 18.7. The molecule has 0 aliphatic carbocycles. The lowest BCUT2D eigenvalue weighted by Crippen LogP contribution is -2.36. The van der Waals surface area contributed by atoms with Crippen LogP contribution in [0.2, 0.25) is 0 Å². The number of rotatable bonds is 10. The zero-order valence-corrected chi connectivity index (χ0v) is 19.7. The Balaban J connectivity index is 1.60. The Morgan fingerprint density at radius 3 is 2.84 bits per heavy atom. The fourth-order valence-electron chi connectivity index (χ4n) is 3.94. The molecule has 0 saturated heterocycles. The molecule has 0 spiro atoms. The minimum Gasteiger partial charge on any atom is -0.474 e. The molecule has 0 bridgehead atoms. The van der Waals surface area contributed by atoms with E-state index in [9.17, 15) is 4.79 Å². The lowest BCUT2D eigenvalue weighted by Gasteiger charge is -2.34. The smallest absolute Gasteiger partial charge is 0.306 e. The van der Waals surface area contributed by atoms with Crippen molar-refractivity contribution in [3.63, 3.8) is 0 Å². The van der Waals surface area contributed by atoms with Crippen molar-refractivity contribution in [1.29, 1.82) is 0 Å². The first-order valence-corrected chi connectivity index (χ1v) is 12.0. The van der Waals surface area contributed by atoms with E-state index in [1.807, 2.05) is 41.1 Å². The zero-order chi connectivity index (χ0) is 22.3. The van der Waals surface area contributed by atoms with Gasteiger partial charge >= 0.3 is 5.97 Å². The van der Waals surface area contributed by atoms with Crippen LogP contribution in [0.3, 0.4) is 0 Å². The Bertz CT molecular complexity index is 1040. The average molecular weight is 502 g/mol. The molecule has 1 aromatic carbocycles. The Kier molecular flexibility index (Phi) is 7.65. The van der Waals surface area contributed by atoms with Crippen molar-refractivity contribution >= 4 is 33.2 Å². The van der Waals surface area contributed by atoms with Gasteiger partial charge in [-0.25, -0.2) is 0 Å². The standard InChI is InChI=1S/C24H28BrN3O4/c1-30-13-14-31-20-16-28-12-10-18-15-19(32-21(29)9-5-6-11-25)22(17-7-3-2-4-8-17)27-23(18)24(28)26-20/h2-4,7-8,10,12,16,19,22,27H,5-6,9,11,13-15H2,1H3. The molecule has 170 valence electrons. The van der Waals surface area contributed by atoms with E-state index in [0.29, 0.717) is 31.9 Å². The van der Waals surface area contributed by atoms with Crippen LogP contribution in [0.5, 0.6) is 5.88 Å². The number of imidazole rings is 1. The van der Waals surface area contributed by atoms with Gasteiger partial charge in [-0.2, -0.15) is 4.98 Å². The van der Waals surface area contributed by atoms with Crippen molar-refractivity contribution in [1.82, 2.24) is 9.38 Å². The van der Waals surface area contributed by atoms with Crippen LogP contribution in [0.25, 0.3) is 5.65 Å². The summed E-state index contributed by atoms with van der Waals surface area (Å²) in [6.45, 7) is 0.943. The Labute approximate surface area is 196 Å². The van der Waals surface area contributed by atoms with E-state index in [1.54, 1.807) is 7.11 Å². The molecule has 7 nitrogen and oxygen atoms in total. The van der Waals surface area contributed by atoms with Gasteiger partial charge in [0.05, 0.1) is 24.5 Å². The number of hydrogen-bond acceptors (Lipinski definition) is 6. The summed E-state index contributed by atoms with van der Waals surface area (Å²) in [5.74, 6) is 0.395. The monoisotopic (exact) mass is 501 g/mol. The maximum Gasteiger partial charge on any atom is 0.306 e. The summed E-state index contributed by atoms with van der Waals surface area (Å²) in [6.07, 6.45) is 6.35. The first-order valence-electron chi connectivity index (χ1n) is 10.9. The number of methoxy groups -OCH3 is 1. The van der Waals surface area contributed by atoms with Crippen molar-refractivity contribution in [2.45, 2.75) is 37.8 Å². The van der Waals surface area contributed by atoms with Gasteiger partial charge in [0.15, 0.2) is 5.65 Å². The zero-order valence-electron chi connectivity index (χ0n) is 18.1. The number of unbranched alkanes of at least 4 members (excludes halogenated alkanes) is 1. The van der Waals surface area contributed by atoms with Gasteiger partial charge < -0.3 is 23.9 Å². The van der Waals surface area contributed by atoms with Gasteiger partial charge in [0, 0.05) is 31.5 Å². The van der Waals surface area contributed by atoms with Gasteiger partial charge in [-0.05, 0) is 30.0 Å². The summed E-state index contributed by atoms with van der Waals surface area (Å²) in [5, 5.41) is 4.50. The predicted molar refractivity (Wildman–Crippen MR) is 127 cm³/mol. The van der Waals surface area contributed by atoms with Crippen molar-refractivity contribution in [3.8, 4) is 5.88 Å². The number of hydrogen-bond donors (Lipinski definition) is 1. The molecule has 2 aromatic heterocycles. The van der Waals surface area contributed by atoms with Gasteiger partial charge in [0.25, 0.3) is 0 Å². The van der Waals surface area contributed by atoms with Crippen LogP contribution in [0.15, 0.2) is 48.8 Å². The van der Waals surface area contributed by atoms with Gasteiger partial charge in [0.2, 0.25) is 5.88 Å². The second-order valence-corrected chi connectivity index (χ2v) is 8.57. The molecule has 0 radical (unpaired) electrons. The highest BCUT2D eigenvalue weighted by Gasteiger charge is 2.33. The van der Waals surface area contributed by atoms with E-state index in [4.69, 9.17) is 14.2 Å². The SMILES string of the molecule is COCCOc1cn2ccc3c(c2n1)NC(c1ccccc1)C(OC(=O)CCCCBr)C3. The molecule has 3 aromatic rings. The summed E-state index contributed by atoms with van der Waals surface area (Å²) in [5.41, 5.74) is 3.87. The molecule has 1 aliphatic heterocycles. The number of carbonyl (C=O) groups excluding carboxylic acids is 1. The number of pyridine rings is 1. The van der Waals surface area contributed by atoms with Crippen LogP contribution >= 0.6 is 15.9 Å². The highest BCUT2D eigenvalue weighted by molar-refractivity contribution is 9.09. The van der Waals surface area contributed by atoms with Gasteiger partial charge in [-0.1, -0.05) is 46.3 Å². The summed E-state index contributed by atoms with van der Waals surface area (Å²) in [7, 11) is 1.64. The second kappa shape index (κ2) is 10.8. The number of halogens is 1. The number of benzene rings is 1. The number of aromatic nitrogens is 2. The van der Waals surface area contributed by atoms with Crippen molar-refractivity contribution in [3.05, 3.63) is 59.9 Å². The maximum absolute atomic E-state index is 12.5. The number of alkyl halides is 1. The molecule has 8 heteroatoms. The summed E-state index contributed by atoms with van der Waals surface area (Å²) >= 11 is 3.41. The largest absolute Gasteiger partial charge is 0.474 e. The molecule has 0 saturated carbocycles. The topological polar surface area (TPSA) is 74.1 Å². The third kappa shape index (κ3) is 5.24. The van der Waals surface area contributed by atoms with Gasteiger partial charge in [-0.3, -0.25) is 4.79 Å². The third-order valence-electron chi connectivity index (χ3n) is 5.53. The maximum atomic E-state index is 12.5. The number of anilines is 1. The van der Waals surface area contributed by atoms with Gasteiger partial charge in [0.1, 0.15) is 12.7 Å². The number of nitrogens with zero attached hydrogens (tertiary/aromatic N) is 2. The fraction of sp³-hybridized carbons (Fsp3) is 0.417. The first-order chi connectivity index (χ1) is 15.7. The number of nitrogens with one attached hydrogen (secondary N) is 1. The van der Waals surface area contributed by atoms with E-state index in [-0.39, 0.29) is 18.1 Å². The van der Waals surface area contributed by atoms with Crippen molar-refractivity contribution in [2.24, 2.45) is 0 Å². The highest BCUT2D eigenvalue weighted by atomic mass is 79.9. The van der Waals surface area contributed by atoms with Gasteiger partial charge in [-0.15, -0.1) is 0 Å². The normalized spacial score (nSPS) is 17.6. The molecule has 1 N–H and O–H groups in total. The Morgan fingerprint density at radius 1 is 1.22 bits per heavy atom. The van der Waals surface area contributed by atoms with E-state index < -0.39 is 0 Å². The van der Waals surface area contributed by atoms with Crippen LogP contribution in [0.4, 0.5) is 5.69 Å². The van der Waals surface area contributed by atoms with Crippen LogP contribution < -0.4 is 10.1 Å². The molecule has 0 fully saturated rings. The molecular formula is C24H28BrN3O4. The number of fused-ring (bicyclic) bond motifs is 3. The van der Waals surface area contributed by atoms with Crippen molar-refractivity contribution in [2.75, 3.05) is 31.0 Å². The molecule has 3 heterocycles. The minimum absolute atomic E-state index is 0.155. The van der Waals surface area contributed by atoms with E-state index in [0.717, 1.165) is 40.6 Å². The van der Waals surface area contributed by atoms with E-state index >= 15 is 0 Å². The quantitative estimate of drug-likeness (QED) is 0.249. The molecule has 32 heavy (non-hydrogen) atoms. The van der Waals surface area contributed by atoms with E-state index in [1.165, 1.54) is 0 Å². The van der Waals surface area contributed by atoms with E-state index in [2.05, 4.69) is 38.4 Å². The average Bonchev–Trinajstić information content (AvgIpc) is 3.23. The minimum atomic E-state index is -0.295. The highest BCUT2D eigenvalue weighted by Crippen LogP contribution is 2.37. The molecule has 2 atom stereocenters. The molecule has 4 rings (SSSR count). The van der Waals surface area contributed by atoms with Crippen LogP contribution in [-0.4, -0.2) is 47.1 Å². The summed E-state index contributed by atoms with van der Waals surface area (Å²) in [4.78, 5) is 17.2. The number of carbonyl (C=O) groups is 1. The Hall–Kier alpha value is -2.58. The Morgan fingerprint density at radius 2 is 2.06 bits per heavy atom. The lowest BCUT2D eigenvalue weighted by atomic mass is 9.91. The van der Waals surface area contributed by atoms with Crippen LogP contribution in [0, 0.1) is 0 Å². The fourth-order valence-corrected chi connectivity index (χ4v) is 4.33. The lowest BCUT2D eigenvalue weighted by molar-refractivity contribution is -0.150. The predicted octanol–water partition coefficient (Wildman–Crippen LogP) is 4.55. The van der Waals surface area contributed by atoms with Crippen LogP contribution in [0.1, 0.15) is 36.4 Å². The summed E-state index contributed by atoms with van der Waals surface area (Å²) in [6, 6.07) is 12.0. The third-order valence-corrected chi connectivity index (χ3v) is 6.09. The first kappa shape index (κ1) is 22.6. The number of esters is 1. The molecule has 1 aliphatic rings. The van der Waals surface area contributed by atoms with Crippen molar-refractivity contribution < 1.29 is 19.0 Å². The molecule has 2 unspecified atom stereocenters. The molecule has 0 amide bonds.